The van der Waals surface area contributed by atoms with Crippen LogP contribution in [0.1, 0.15) is 77.6 Å². The highest BCUT2D eigenvalue weighted by atomic mass is 13.9. The number of hydrogen-bond acceptors (Lipinski definition) is 0. The lowest BCUT2D eigenvalue weighted by molar-refractivity contribution is 0.624. The first-order chi connectivity index (χ1) is 7.41. The van der Waals surface area contributed by atoms with Crippen LogP contribution in [-0.2, 0) is 0 Å². The second-order valence-electron chi connectivity index (χ2n) is 4.18. The molecule has 0 aliphatic heterocycles. The topological polar surface area (TPSA) is 0 Å². The molecule has 87 valence electrons. The van der Waals surface area contributed by atoms with E-state index in [1.165, 1.54) is 51.4 Å². The largest absolute Gasteiger partial charge is 0.103 e. The molecular weight excluding hydrogens is 180 g/mol. The second kappa shape index (κ2) is 13.6. The van der Waals surface area contributed by atoms with Crippen molar-refractivity contribution in [3.8, 4) is 11.8 Å². The Morgan fingerprint density at radius 3 is 1.87 bits per heavy atom. The average molecular weight is 207 g/mol. The van der Waals surface area contributed by atoms with Gasteiger partial charge in [0.05, 0.1) is 0 Å². The molecule has 0 N–H and O–H groups in total. The van der Waals surface area contributed by atoms with E-state index in [0.29, 0.717) is 0 Å². The molecule has 0 aliphatic rings. The van der Waals surface area contributed by atoms with Gasteiger partial charge in [-0.05, 0) is 12.8 Å². The fourth-order valence-electron chi connectivity index (χ4n) is 1.56. The lowest BCUT2D eigenvalue weighted by Gasteiger charge is -1.96. The van der Waals surface area contributed by atoms with E-state index in [0.717, 1.165) is 19.3 Å². The van der Waals surface area contributed by atoms with E-state index in [2.05, 4.69) is 25.7 Å². The molecule has 0 saturated carbocycles. The van der Waals surface area contributed by atoms with Gasteiger partial charge in [-0.1, -0.05) is 58.8 Å². The molecule has 0 atom stereocenters. The van der Waals surface area contributed by atoms with Gasteiger partial charge in [0.25, 0.3) is 0 Å². The van der Waals surface area contributed by atoms with Crippen LogP contribution < -0.4 is 0 Å². The fraction of sp³-hybridized carbons (Fsp3) is 0.800. The summed E-state index contributed by atoms with van der Waals surface area (Å²) in [4.78, 5) is 0. The Labute approximate surface area is 96.8 Å². The molecule has 0 unspecified atom stereocenters. The smallest absolute Gasteiger partial charge is 0.00886 e. The molecular formula is C15H27. The zero-order chi connectivity index (χ0) is 11.2. The van der Waals surface area contributed by atoms with Gasteiger partial charge in [0.1, 0.15) is 0 Å². The molecule has 0 aromatic heterocycles. The lowest BCUT2D eigenvalue weighted by atomic mass is 10.1. The van der Waals surface area contributed by atoms with E-state index in [9.17, 15) is 0 Å². The van der Waals surface area contributed by atoms with Gasteiger partial charge in [0, 0.05) is 12.8 Å². The second-order valence-corrected chi connectivity index (χ2v) is 4.18. The molecule has 0 heterocycles. The minimum absolute atomic E-state index is 1.09. The molecule has 0 aromatic carbocycles. The summed E-state index contributed by atoms with van der Waals surface area (Å²) in [5.41, 5.74) is 0. The van der Waals surface area contributed by atoms with E-state index < -0.39 is 0 Å². The van der Waals surface area contributed by atoms with Crippen molar-refractivity contribution >= 4 is 0 Å². The van der Waals surface area contributed by atoms with Crippen LogP contribution in [0.3, 0.4) is 0 Å². The summed E-state index contributed by atoms with van der Waals surface area (Å²) >= 11 is 0. The molecule has 0 spiro atoms. The quantitative estimate of drug-likeness (QED) is 0.363. The van der Waals surface area contributed by atoms with Crippen LogP contribution in [0, 0.1) is 18.8 Å². The third-order valence-corrected chi connectivity index (χ3v) is 2.58. The summed E-state index contributed by atoms with van der Waals surface area (Å²) < 4.78 is 0. The zero-order valence-electron chi connectivity index (χ0n) is 10.5. The Bertz CT molecular complexity index is 159. The number of rotatable bonds is 9. The summed E-state index contributed by atoms with van der Waals surface area (Å²) in [7, 11) is 0. The van der Waals surface area contributed by atoms with E-state index in [4.69, 9.17) is 0 Å². The van der Waals surface area contributed by atoms with Crippen molar-refractivity contribution in [2.75, 3.05) is 0 Å². The van der Waals surface area contributed by atoms with Crippen molar-refractivity contribution in [2.24, 2.45) is 0 Å². The van der Waals surface area contributed by atoms with Crippen LogP contribution in [0.25, 0.3) is 0 Å². The Balaban J connectivity index is 3.02. The van der Waals surface area contributed by atoms with E-state index in [1.807, 2.05) is 0 Å². The van der Waals surface area contributed by atoms with Crippen LogP contribution >= 0.6 is 0 Å². The third-order valence-electron chi connectivity index (χ3n) is 2.58. The number of unbranched alkanes of at least 4 members (excludes halogenated alkanes) is 9. The maximum atomic E-state index is 3.85. The minimum atomic E-state index is 1.09. The van der Waals surface area contributed by atoms with Gasteiger partial charge in [-0.15, -0.1) is 11.8 Å². The van der Waals surface area contributed by atoms with Crippen molar-refractivity contribution in [1.82, 2.24) is 0 Å². The standard InChI is InChI=1S/C15H27/c1-3-5-7-9-11-13-15-14-12-10-8-6-4-2/h1,3-11,13,15H2,2H3. The van der Waals surface area contributed by atoms with E-state index in [-0.39, 0.29) is 0 Å². The molecule has 0 fully saturated rings. The summed E-state index contributed by atoms with van der Waals surface area (Å²) in [5.74, 6) is 6.54. The molecule has 0 rings (SSSR count). The normalized spacial score (nSPS) is 9.73. The Hall–Kier alpha value is -0.440. The van der Waals surface area contributed by atoms with Crippen LogP contribution in [0.2, 0.25) is 0 Å². The van der Waals surface area contributed by atoms with Crippen LogP contribution in [0.15, 0.2) is 0 Å². The highest BCUT2D eigenvalue weighted by Gasteiger charge is 1.87. The molecule has 0 nitrogen and oxygen atoms in total. The van der Waals surface area contributed by atoms with Crippen molar-refractivity contribution < 1.29 is 0 Å². The minimum Gasteiger partial charge on any atom is -0.103 e. The predicted molar refractivity (Wildman–Crippen MR) is 69.6 cm³/mol. The first-order valence-electron chi connectivity index (χ1n) is 6.66. The summed E-state index contributed by atoms with van der Waals surface area (Å²) in [6.07, 6.45) is 13.9. The van der Waals surface area contributed by atoms with Crippen molar-refractivity contribution in [1.29, 1.82) is 0 Å². The molecule has 1 radical (unpaired) electrons. The molecule has 0 amide bonds. The van der Waals surface area contributed by atoms with E-state index >= 15 is 0 Å². The van der Waals surface area contributed by atoms with E-state index in [1.54, 1.807) is 0 Å². The highest BCUT2D eigenvalue weighted by Crippen LogP contribution is 2.06. The van der Waals surface area contributed by atoms with Crippen LogP contribution in [0.5, 0.6) is 0 Å². The van der Waals surface area contributed by atoms with Crippen LogP contribution in [-0.4, -0.2) is 0 Å². The maximum absolute atomic E-state index is 3.85. The molecule has 0 heteroatoms. The molecule has 0 aliphatic carbocycles. The SMILES string of the molecule is [CH2]CCCCCCCC#CCCCCC. The zero-order valence-corrected chi connectivity index (χ0v) is 10.5. The summed E-state index contributed by atoms with van der Waals surface area (Å²) in [6, 6.07) is 0. The van der Waals surface area contributed by atoms with Crippen molar-refractivity contribution in [3.05, 3.63) is 6.92 Å². The van der Waals surface area contributed by atoms with Gasteiger partial charge in [-0.3, -0.25) is 0 Å². The first kappa shape index (κ1) is 14.6. The monoisotopic (exact) mass is 207 g/mol. The Kier molecular flexibility index (Phi) is 13.2. The molecule has 0 aromatic rings. The van der Waals surface area contributed by atoms with Gasteiger partial charge in [-0.2, -0.15) is 0 Å². The molecule has 15 heavy (non-hydrogen) atoms. The first-order valence-corrected chi connectivity index (χ1v) is 6.66. The predicted octanol–water partition coefficient (Wildman–Crippen LogP) is 5.13. The Morgan fingerprint density at radius 2 is 1.27 bits per heavy atom. The highest BCUT2D eigenvalue weighted by molar-refractivity contribution is 4.98. The van der Waals surface area contributed by atoms with Gasteiger partial charge in [-0.25, -0.2) is 0 Å². The third kappa shape index (κ3) is 13.6. The maximum Gasteiger partial charge on any atom is 0.00886 e. The van der Waals surface area contributed by atoms with Gasteiger partial charge in [0.15, 0.2) is 0 Å². The lowest BCUT2D eigenvalue weighted by Crippen LogP contribution is -1.78. The molecule has 0 saturated heterocycles. The van der Waals surface area contributed by atoms with Crippen LogP contribution in [0.4, 0.5) is 0 Å². The Morgan fingerprint density at radius 1 is 0.733 bits per heavy atom. The molecule has 0 bridgehead atoms. The van der Waals surface area contributed by atoms with Gasteiger partial charge >= 0.3 is 0 Å². The van der Waals surface area contributed by atoms with Gasteiger partial charge in [0.2, 0.25) is 0 Å². The average Bonchev–Trinajstić information content (AvgIpc) is 2.26. The summed E-state index contributed by atoms with van der Waals surface area (Å²) in [5, 5.41) is 0. The number of hydrogen-bond donors (Lipinski definition) is 0. The fourth-order valence-corrected chi connectivity index (χ4v) is 1.56. The van der Waals surface area contributed by atoms with Crippen molar-refractivity contribution in [2.45, 2.75) is 77.6 Å². The van der Waals surface area contributed by atoms with Gasteiger partial charge < -0.3 is 0 Å². The van der Waals surface area contributed by atoms with Crippen molar-refractivity contribution in [3.63, 3.8) is 0 Å². The summed E-state index contributed by atoms with van der Waals surface area (Å²) in [6.45, 7) is 6.08.